The first-order valence-electron chi connectivity index (χ1n) is 11.2. The summed E-state index contributed by atoms with van der Waals surface area (Å²) >= 11 is 0. The zero-order valence-electron chi connectivity index (χ0n) is 18.2. The van der Waals surface area contributed by atoms with Crippen molar-refractivity contribution in [1.29, 1.82) is 0 Å². The molecule has 7 aliphatic rings. The highest BCUT2D eigenvalue weighted by Crippen LogP contribution is 2.98. The Morgan fingerprint density at radius 1 is 1.28 bits per heavy atom. The Labute approximate surface area is 173 Å². The van der Waals surface area contributed by atoms with Crippen molar-refractivity contribution in [1.82, 2.24) is 0 Å². The van der Waals surface area contributed by atoms with Gasteiger partial charge in [-0.15, -0.1) is 0 Å². The van der Waals surface area contributed by atoms with Crippen molar-refractivity contribution in [3.05, 3.63) is 12.2 Å². The molecule has 6 aliphatic carbocycles. The average Bonchev–Trinajstić information content (AvgIpc) is 3.04. The van der Waals surface area contributed by atoms with Crippen molar-refractivity contribution >= 4 is 20.3 Å². The molecule has 0 amide bonds. The number of methoxy groups -OCH3 is 1. The van der Waals surface area contributed by atoms with Crippen molar-refractivity contribution in [2.24, 2.45) is 39.9 Å². The molecule has 6 bridgehead atoms. The average molecular weight is 417 g/mol. The summed E-state index contributed by atoms with van der Waals surface area (Å²) in [5, 5.41) is 0. The molecule has 0 radical (unpaired) electrons. The SMILES string of the molecule is C=C1C2C[C@H](O[Si](C)(C)C)[C@@]34C1[C@]3(C2)[C@H](C(=O)OC)[C@H]1C2(C)CCC[C@@]14OC2=O. The fourth-order valence-electron chi connectivity index (χ4n) is 9.60. The Bertz CT molecular complexity index is 877. The van der Waals surface area contributed by atoms with E-state index in [0.29, 0.717) is 5.92 Å². The van der Waals surface area contributed by atoms with Gasteiger partial charge in [-0.3, -0.25) is 9.59 Å². The van der Waals surface area contributed by atoms with E-state index in [1.54, 1.807) is 0 Å². The van der Waals surface area contributed by atoms with Crippen LogP contribution in [0.4, 0.5) is 0 Å². The third-order valence-corrected chi connectivity index (χ3v) is 10.8. The lowest BCUT2D eigenvalue weighted by Crippen LogP contribution is -2.58. The largest absolute Gasteiger partial charge is 0.469 e. The van der Waals surface area contributed by atoms with Crippen molar-refractivity contribution in [3.8, 4) is 0 Å². The molecule has 158 valence electrons. The summed E-state index contributed by atoms with van der Waals surface area (Å²) in [4.78, 5) is 26.6. The van der Waals surface area contributed by atoms with Gasteiger partial charge in [-0.25, -0.2) is 0 Å². The van der Waals surface area contributed by atoms with Crippen LogP contribution in [0.2, 0.25) is 19.6 Å². The van der Waals surface area contributed by atoms with Gasteiger partial charge in [-0.05, 0) is 70.5 Å². The van der Waals surface area contributed by atoms with Crippen molar-refractivity contribution in [2.45, 2.75) is 70.4 Å². The molecule has 6 saturated carbocycles. The molecule has 29 heavy (non-hydrogen) atoms. The van der Waals surface area contributed by atoms with Crippen LogP contribution in [-0.2, 0) is 23.5 Å². The third kappa shape index (κ3) is 1.60. The topological polar surface area (TPSA) is 61.8 Å². The standard InChI is InChI=1S/C23H32O5Si/c1-12-13-10-14(28-29(4,5)6)23-16(12)21(23,11-13)15(18(24)26-3)17-20(2)8-7-9-22(17,23)27-19(20)25/h13-17H,1,7-11H2,2-6H3/t13?,14-,15-,16?,17-,20?,21-,22+,23+/m0/s1. The van der Waals surface area contributed by atoms with E-state index in [2.05, 4.69) is 26.2 Å². The predicted molar refractivity (Wildman–Crippen MR) is 108 cm³/mol. The summed E-state index contributed by atoms with van der Waals surface area (Å²) in [5.74, 6) is -0.0149. The molecule has 1 saturated heterocycles. The number of rotatable bonds is 3. The Hall–Kier alpha value is -1.14. The number of hydrogen-bond acceptors (Lipinski definition) is 5. The molecule has 6 heteroatoms. The minimum Gasteiger partial charge on any atom is -0.469 e. The van der Waals surface area contributed by atoms with Gasteiger partial charge in [-0.2, -0.15) is 0 Å². The minimum atomic E-state index is -1.83. The maximum absolute atomic E-state index is 13.3. The van der Waals surface area contributed by atoms with Crippen molar-refractivity contribution in [2.75, 3.05) is 7.11 Å². The molecule has 0 aromatic rings. The maximum Gasteiger partial charge on any atom is 0.312 e. The second-order valence-corrected chi connectivity index (χ2v) is 16.3. The van der Waals surface area contributed by atoms with Crippen LogP contribution < -0.4 is 0 Å². The molecule has 7 rings (SSSR count). The molecule has 3 unspecified atom stereocenters. The van der Waals surface area contributed by atoms with Gasteiger partial charge >= 0.3 is 11.9 Å². The first kappa shape index (κ1) is 18.6. The van der Waals surface area contributed by atoms with Gasteiger partial charge in [0, 0.05) is 16.7 Å². The molecule has 0 aromatic carbocycles. The van der Waals surface area contributed by atoms with Gasteiger partial charge in [0.25, 0.3) is 0 Å². The molecule has 1 aliphatic heterocycles. The summed E-state index contributed by atoms with van der Waals surface area (Å²) in [6.45, 7) is 13.2. The van der Waals surface area contributed by atoms with Crippen LogP contribution in [0.3, 0.4) is 0 Å². The van der Waals surface area contributed by atoms with Crippen LogP contribution >= 0.6 is 0 Å². The summed E-state index contributed by atoms with van der Waals surface area (Å²) in [6.07, 6.45) is 4.59. The van der Waals surface area contributed by atoms with Gasteiger partial charge in [0.15, 0.2) is 8.32 Å². The molecule has 5 nitrogen and oxygen atoms in total. The Morgan fingerprint density at radius 3 is 2.66 bits per heavy atom. The second-order valence-electron chi connectivity index (χ2n) is 11.8. The molecule has 0 N–H and O–H groups in total. The van der Waals surface area contributed by atoms with Crippen molar-refractivity contribution < 1.29 is 23.5 Å². The van der Waals surface area contributed by atoms with E-state index in [9.17, 15) is 9.59 Å². The minimum absolute atomic E-state index is 0.0498. The summed E-state index contributed by atoms with van der Waals surface area (Å²) in [6, 6.07) is 0. The molecule has 1 heterocycles. The van der Waals surface area contributed by atoms with Gasteiger partial charge in [0.1, 0.15) is 5.60 Å². The Balaban J connectivity index is 1.61. The molecule has 0 aromatic heterocycles. The molecular weight excluding hydrogens is 384 g/mol. The lowest BCUT2D eigenvalue weighted by molar-refractivity contribution is -0.169. The summed E-state index contributed by atoms with van der Waals surface area (Å²) < 4.78 is 18.7. The van der Waals surface area contributed by atoms with Crippen LogP contribution in [0.25, 0.3) is 0 Å². The van der Waals surface area contributed by atoms with E-state index in [4.69, 9.17) is 13.9 Å². The molecular formula is C23H32O5Si. The third-order valence-electron chi connectivity index (χ3n) is 9.86. The Morgan fingerprint density at radius 2 is 2.00 bits per heavy atom. The number of carbonyl (C=O) groups excluding carboxylic acids is 2. The highest BCUT2D eigenvalue weighted by molar-refractivity contribution is 6.69. The number of fused-ring (bicyclic) bond motifs is 1. The molecule has 2 spiro atoms. The quantitative estimate of drug-likeness (QED) is 0.399. The number of allylic oxidation sites excluding steroid dienone is 1. The van der Waals surface area contributed by atoms with E-state index >= 15 is 0 Å². The number of ether oxygens (including phenoxy) is 2. The first-order chi connectivity index (χ1) is 13.5. The van der Waals surface area contributed by atoms with Gasteiger partial charge in [0.05, 0.1) is 24.5 Å². The summed E-state index contributed by atoms with van der Waals surface area (Å²) in [5.41, 5.74) is -0.397. The van der Waals surface area contributed by atoms with E-state index in [1.165, 1.54) is 12.7 Å². The highest BCUT2D eigenvalue weighted by Gasteiger charge is 3.02. The van der Waals surface area contributed by atoms with E-state index in [-0.39, 0.29) is 46.6 Å². The van der Waals surface area contributed by atoms with Crippen LogP contribution in [0, 0.1) is 39.9 Å². The summed E-state index contributed by atoms with van der Waals surface area (Å²) in [7, 11) is -0.339. The van der Waals surface area contributed by atoms with E-state index < -0.39 is 19.3 Å². The smallest absolute Gasteiger partial charge is 0.312 e. The van der Waals surface area contributed by atoms with Crippen LogP contribution in [0.1, 0.15) is 39.0 Å². The molecule has 9 atom stereocenters. The zero-order chi connectivity index (χ0) is 20.8. The highest BCUT2D eigenvalue weighted by atomic mass is 28.4. The second kappa shape index (κ2) is 4.85. The van der Waals surface area contributed by atoms with Crippen LogP contribution in [-0.4, -0.2) is 39.1 Å². The lowest BCUT2D eigenvalue weighted by atomic mass is 9.55. The fraction of sp³-hybridized carbons (Fsp3) is 0.826. The first-order valence-corrected chi connectivity index (χ1v) is 14.6. The monoisotopic (exact) mass is 416 g/mol. The van der Waals surface area contributed by atoms with Gasteiger partial charge < -0.3 is 13.9 Å². The van der Waals surface area contributed by atoms with Crippen molar-refractivity contribution in [3.63, 3.8) is 0 Å². The zero-order valence-corrected chi connectivity index (χ0v) is 19.2. The normalized spacial score (nSPS) is 56.0. The number of esters is 2. The molecule has 7 fully saturated rings. The number of carbonyl (C=O) groups is 2. The van der Waals surface area contributed by atoms with Gasteiger partial charge in [0.2, 0.25) is 0 Å². The maximum atomic E-state index is 13.3. The van der Waals surface area contributed by atoms with E-state index in [0.717, 1.165) is 32.1 Å². The lowest BCUT2D eigenvalue weighted by Gasteiger charge is -2.51. The Kier molecular flexibility index (Phi) is 3.11. The van der Waals surface area contributed by atoms with Crippen LogP contribution in [0.15, 0.2) is 12.2 Å². The van der Waals surface area contributed by atoms with Crippen LogP contribution in [0.5, 0.6) is 0 Å². The predicted octanol–water partition coefficient (Wildman–Crippen LogP) is 3.69. The van der Waals surface area contributed by atoms with Gasteiger partial charge in [-0.1, -0.05) is 12.2 Å². The fourth-order valence-corrected chi connectivity index (χ4v) is 10.7. The van der Waals surface area contributed by atoms with E-state index in [1.807, 2.05) is 6.92 Å². The number of hydrogen-bond donors (Lipinski definition) is 0.